The molecule has 2 aromatic rings. The quantitative estimate of drug-likeness (QED) is 0.843. The fraction of sp³-hybridized carbons (Fsp3) is 0.263. The van der Waals surface area contributed by atoms with Gasteiger partial charge in [0.25, 0.3) is 5.91 Å². The predicted molar refractivity (Wildman–Crippen MR) is 95.0 cm³/mol. The van der Waals surface area contributed by atoms with Crippen LogP contribution in [0.1, 0.15) is 23.2 Å². The smallest absolute Gasteiger partial charge is 0.256 e. The van der Waals surface area contributed by atoms with E-state index in [0.717, 1.165) is 18.2 Å². The van der Waals surface area contributed by atoms with Crippen LogP contribution in [0, 0.1) is 23.4 Å². The molecule has 1 heterocycles. The van der Waals surface area contributed by atoms with Gasteiger partial charge < -0.3 is 10.2 Å². The zero-order valence-corrected chi connectivity index (χ0v) is 14.9. The topological polar surface area (TPSA) is 49.4 Å². The second kappa shape index (κ2) is 8.00. The highest BCUT2D eigenvalue weighted by Gasteiger charge is 2.29. The van der Waals surface area contributed by atoms with Crippen LogP contribution < -0.4 is 5.32 Å². The first-order valence-electron chi connectivity index (χ1n) is 8.35. The number of likely N-dealkylation sites (tertiary alicyclic amines) is 1. The molecule has 0 saturated carbocycles. The Labute approximate surface area is 158 Å². The highest BCUT2D eigenvalue weighted by atomic mass is 35.5. The summed E-state index contributed by atoms with van der Waals surface area (Å²) in [7, 11) is 0. The Morgan fingerprint density at radius 1 is 1.00 bits per heavy atom. The first-order valence-corrected chi connectivity index (χ1v) is 8.73. The molecule has 1 N–H and O–H groups in total. The summed E-state index contributed by atoms with van der Waals surface area (Å²) in [5, 5.41) is 2.75. The average Bonchev–Trinajstić information content (AvgIpc) is 2.63. The van der Waals surface area contributed by atoms with Gasteiger partial charge in [0, 0.05) is 30.1 Å². The summed E-state index contributed by atoms with van der Waals surface area (Å²) in [4.78, 5) is 26.1. The van der Waals surface area contributed by atoms with Crippen molar-refractivity contribution in [3.63, 3.8) is 0 Å². The summed E-state index contributed by atoms with van der Waals surface area (Å²) < 4.78 is 40.5. The van der Waals surface area contributed by atoms with Crippen LogP contribution in [0.3, 0.4) is 0 Å². The van der Waals surface area contributed by atoms with Crippen LogP contribution in [0.15, 0.2) is 36.4 Å². The van der Waals surface area contributed by atoms with Gasteiger partial charge in [0.1, 0.15) is 17.5 Å². The first kappa shape index (κ1) is 19.2. The lowest BCUT2D eigenvalue weighted by atomic mass is 9.95. The Bertz CT molecular complexity index is 883. The van der Waals surface area contributed by atoms with Gasteiger partial charge in [-0.15, -0.1) is 0 Å². The number of rotatable bonds is 3. The SMILES string of the molecule is O=C(Nc1ccc(Cl)cc1F)C1CCN(C(=O)c2ccc(F)cc2F)CC1. The van der Waals surface area contributed by atoms with E-state index in [-0.39, 0.29) is 35.3 Å². The molecule has 4 nitrogen and oxygen atoms in total. The molecule has 0 aliphatic carbocycles. The third kappa shape index (κ3) is 4.42. The maximum absolute atomic E-state index is 13.8. The lowest BCUT2D eigenvalue weighted by Gasteiger charge is -2.31. The van der Waals surface area contributed by atoms with Gasteiger partial charge in [-0.1, -0.05) is 11.6 Å². The molecular formula is C19H16ClF3N2O2. The van der Waals surface area contributed by atoms with Gasteiger partial charge in [-0.3, -0.25) is 9.59 Å². The standard InChI is InChI=1S/C19H16ClF3N2O2/c20-12-1-4-17(16(23)9-12)24-18(26)11-5-7-25(8-6-11)19(27)14-3-2-13(21)10-15(14)22/h1-4,9-11H,5-8H2,(H,24,26). The molecule has 0 unspecified atom stereocenters. The van der Waals surface area contributed by atoms with E-state index in [2.05, 4.69) is 5.32 Å². The Morgan fingerprint density at radius 2 is 1.70 bits per heavy atom. The number of carbonyl (C=O) groups is 2. The van der Waals surface area contributed by atoms with E-state index in [0.29, 0.717) is 18.9 Å². The summed E-state index contributed by atoms with van der Waals surface area (Å²) in [6.07, 6.45) is 0.713. The van der Waals surface area contributed by atoms with Gasteiger partial charge in [-0.2, -0.15) is 0 Å². The van der Waals surface area contributed by atoms with E-state index in [1.807, 2.05) is 0 Å². The minimum Gasteiger partial charge on any atom is -0.339 e. The van der Waals surface area contributed by atoms with Crippen molar-refractivity contribution in [1.82, 2.24) is 4.90 Å². The maximum Gasteiger partial charge on any atom is 0.256 e. The van der Waals surface area contributed by atoms with E-state index in [1.54, 1.807) is 0 Å². The van der Waals surface area contributed by atoms with Crippen molar-refractivity contribution in [2.24, 2.45) is 5.92 Å². The number of anilines is 1. The van der Waals surface area contributed by atoms with Gasteiger partial charge in [-0.05, 0) is 43.2 Å². The van der Waals surface area contributed by atoms with E-state index < -0.39 is 29.3 Å². The zero-order valence-electron chi connectivity index (χ0n) is 14.1. The molecule has 1 aliphatic heterocycles. The number of nitrogens with zero attached hydrogens (tertiary/aromatic N) is 1. The van der Waals surface area contributed by atoms with E-state index in [9.17, 15) is 22.8 Å². The summed E-state index contributed by atoms with van der Waals surface area (Å²) in [6, 6.07) is 6.75. The average molecular weight is 397 g/mol. The number of amides is 2. The summed E-state index contributed by atoms with van der Waals surface area (Å²) in [5.41, 5.74) is -0.168. The molecule has 0 spiro atoms. The summed E-state index contributed by atoms with van der Waals surface area (Å²) >= 11 is 5.68. The van der Waals surface area contributed by atoms with Gasteiger partial charge in [0.15, 0.2) is 0 Å². The van der Waals surface area contributed by atoms with Crippen LogP contribution in [-0.4, -0.2) is 29.8 Å². The number of halogens is 4. The molecule has 1 aliphatic rings. The highest BCUT2D eigenvalue weighted by Crippen LogP contribution is 2.24. The number of hydrogen-bond acceptors (Lipinski definition) is 2. The van der Waals surface area contributed by atoms with Gasteiger partial charge in [-0.25, -0.2) is 13.2 Å². The largest absolute Gasteiger partial charge is 0.339 e. The molecule has 2 amide bonds. The second-order valence-corrected chi connectivity index (χ2v) is 6.74. The van der Waals surface area contributed by atoms with Crippen molar-refractivity contribution in [3.8, 4) is 0 Å². The lowest BCUT2D eigenvalue weighted by Crippen LogP contribution is -2.41. The predicted octanol–water partition coefficient (Wildman–Crippen LogP) is 4.25. The minimum absolute atomic E-state index is 0.0382. The molecule has 0 atom stereocenters. The molecule has 0 radical (unpaired) electrons. The first-order chi connectivity index (χ1) is 12.8. The van der Waals surface area contributed by atoms with Crippen LogP contribution in [0.25, 0.3) is 0 Å². The Hall–Kier alpha value is -2.54. The van der Waals surface area contributed by atoms with Crippen molar-refractivity contribution >= 4 is 29.1 Å². The van der Waals surface area contributed by atoms with Crippen molar-refractivity contribution in [2.45, 2.75) is 12.8 Å². The molecule has 8 heteroatoms. The number of carbonyl (C=O) groups excluding carboxylic acids is 2. The highest BCUT2D eigenvalue weighted by molar-refractivity contribution is 6.30. The van der Waals surface area contributed by atoms with E-state index in [4.69, 9.17) is 11.6 Å². The van der Waals surface area contributed by atoms with Crippen molar-refractivity contribution in [2.75, 3.05) is 18.4 Å². The number of piperidine rings is 1. The normalized spacial score (nSPS) is 14.9. The van der Waals surface area contributed by atoms with E-state index in [1.165, 1.54) is 17.0 Å². The second-order valence-electron chi connectivity index (χ2n) is 6.30. The van der Waals surface area contributed by atoms with Crippen LogP contribution in [0.5, 0.6) is 0 Å². The summed E-state index contributed by atoms with van der Waals surface area (Å²) in [6.45, 7) is 0.494. The third-order valence-electron chi connectivity index (χ3n) is 4.50. The summed E-state index contributed by atoms with van der Waals surface area (Å²) in [5.74, 6) is -3.60. The Morgan fingerprint density at radius 3 is 2.33 bits per heavy atom. The van der Waals surface area contributed by atoms with Crippen molar-refractivity contribution in [1.29, 1.82) is 0 Å². The molecule has 1 saturated heterocycles. The molecular weight excluding hydrogens is 381 g/mol. The van der Waals surface area contributed by atoms with Gasteiger partial charge in [0.05, 0.1) is 11.3 Å². The zero-order chi connectivity index (χ0) is 19.6. The Balaban J connectivity index is 1.59. The molecule has 27 heavy (non-hydrogen) atoms. The fourth-order valence-electron chi connectivity index (χ4n) is 3.00. The van der Waals surface area contributed by atoms with Crippen molar-refractivity contribution in [3.05, 3.63) is 64.4 Å². The molecule has 0 bridgehead atoms. The number of benzene rings is 2. The molecule has 0 aromatic heterocycles. The third-order valence-corrected chi connectivity index (χ3v) is 4.74. The van der Waals surface area contributed by atoms with Crippen LogP contribution in [-0.2, 0) is 4.79 Å². The molecule has 142 valence electrons. The van der Waals surface area contributed by atoms with Crippen molar-refractivity contribution < 1.29 is 22.8 Å². The molecule has 2 aromatic carbocycles. The molecule has 3 rings (SSSR count). The minimum atomic E-state index is -0.918. The molecule has 1 fully saturated rings. The van der Waals surface area contributed by atoms with Crippen LogP contribution >= 0.6 is 11.6 Å². The lowest BCUT2D eigenvalue weighted by molar-refractivity contribution is -0.121. The maximum atomic E-state index is 13.8. The monoisotopic (exact) mass is 396 g/mol. The Kier molecular flexibility index (Phi) is 5.70. The fourth-order valence-corrected chi connectivity index (χ4v) is 3.16. The van der Waals surface area contributed by atoms with Gasteiger partial charge in [0.2, 0.25) is 5.91 Å². The van der Waals surface area contributed by atoms with Crippen LogP contribution in [0.4, 0.5) is 18.9 Å². The number of nitrogens with one attached hydrogen (secondary N) is 1. The number of hydrogen-bond donors (Lipinski definition) is 1. The van der Waals surface area contributed by atoms with E-state index >= 15 is 0 Å². The van der Waals surface area contributed by atoms with Gasteiger partial charge >= 0.3 is 0 Å². The van der Waals surface area contributed by atoms with Crippen LogP contribution in [0.2, 0.25) is 5.02 Å².